The Morgan fingerprint density at radius 1 is 1.14 bits per heavy atom. The Bertz CT molecular complexity index is 591. The van der Waals surface area contributed by atoms with Gasteiger partial charge >= 0.3 is 0 Å². The molecule has 1 saturated heterocycles. The number of hydrogen-bond acceptors (Lipinski definition) is 5. The molecule has 0 saturated carbocycles. The zero-order chi connectivity index (χ0) is 15.4. The summed E-state index contributed by atoms with van der Waals surface area (Å²) >= 11 is 0. The van der Waals surface area contributed by atoms with E-state index in [1.54, 1.807) is 17.3 Å². The highest BCUT2D eigenvalue weighted by Crippen LogP contribution is 2.16. The van der Waals surface area contributed by atoms with Crippen molar-refractivity contribution in [3.63, 3.8) is 0 Å². The Balaban J connectivity index is 1.61. The van der Waals surface area contributed by atoms with Crippen molar-refractivity contribution in [3.05, 3.63) is 42.0 Å². The van der Waals surface area contributed by atoms with Crippen LogP contribution in [0.2, 0.25) is 0 Å². The number of hydrogen-bond donors (Lipinski definition) is 1. The molecule has 0 aliphatic carbocycles. The fraction of sp³-hybridized carbons (Fsp3) is 0.500. The number of benzene rings is 1. The number of aliphatic hydroxyl groups excluding tert-OH is 1. The van der Waals surface area contributed by atoms with Crippen LogP contribution in [0, 0.1) is 6.92 Å². The molecule has 1 N–H and O–H groups in total. The van der Waals surface area contributed by atoms with Gasteiger partial charge in [-0.05, 0) is 24.1 Å². The molecule has 3 rings (SSSR count). The van der Waals surface area contributed by atoms with Crippen LogP contribution in [0.25, 0.3) is 5.69 Å². The molecule has 1 aromatic carbocycles. The van der Waals surface area contributed by atoms with Crippen molar-refractivity contribution in [2.45, 2.75) is 13.5 Å². The van der Waals surface area contributed by atoms with Crippen molar-refractivity contribution >= 4 is 0 Å². The lowest BCUT2D eigenvalue weighted by Crippen LogP contribution is -2.46. The first-order valence-corrected chi connectivity index (χ1v) is 7.76. The van der Waals surface area contributed by atoms with E-state index < -0.39 is 0 Å². The van der Waals surface area contributed by atoms with Gasteiger partial charge in [0.2, 0.25) is 0 Å². The van der Waals surface area contributed by atoms with Gasteiger partial charge in [-0.15, -0.1) is 0 Å². The first-order valence-electron chi connectivity index (χ1n) is 7.76. The van der Waals surface area contributed by atoms with E-state index in [0.29, 0.717) is 0 Å². The summed E-state index contributed by atoms with van der Waals surface area (Å²) in [6.45, 7) is 8.33. The highest BCUT2D eigenvalue weighted by molar-refractivity contribution is 5.41. The van der Waals surface area contributed by atoms with Gasteiger partial charge in [0.1, 0.15) is 12.7 Å². The van der Waals surface area contributed by atoms with E-state index in [1.807, 2.05) is 0 Å². The van der Waals surface area contributed by atoms with Gasteiger partial charge in [0.25, 0.3) is 0 Å². The summed E-state index contributed by atoms with van der Waals surface area (Å²) in [4.78, 5) is 8.78. The molecule has 0 bridgehead atoms. The third-order valence-corrected chi connectivity index (χ3v) is 4.21. The Morgan fingerprint density at radius 2 is 1.91 bits per heavy atom. The van der Waals surface area contributed by atoms with E-state index in [0.717, 1.165) is 45.0 Å². The van der Waals surface area contributed by atoms with Gasteiger partial charge in [-0.25, -0.2) is 9.67 Å². The zero-order valence-corrected chi connectivity index (χ0v) is 13.0. The number of rotatable bonds is 5. The molecule has 1 aromatic heterocycles. The van der Waals surface area contributed by atoms with E-state index >= 15 is 0 Å². The van der Waals surface area contributed by atoms with Crippen LogP contribution in [0.3, 0.4) is 0 Å². The average molecular weight is 301 g/mol. The maximum Gasteiger partial charge on any atom is 0.138 e. The lowest BCUT2D eigenvalue weighted by molar-refractivity contribution is 0.108. The van der Waals surface area contributed by atoms with Gasteiger partial charge in [-0.3, -0.25) is 9.80 Å². The molecule has 22 heavy (non-hydrogen) atoms. The van der Waals surface area contributed by atoms with Crippen LogP contribution in [-0.4, -0.2) is 69.0 Å². The van der Waals surface area contributed by atoms with Crippen LogP contribution >= 0.6 is 0 Å². The van der Waals surface area contributed by atoms with E-state index in [9.17, 15) is 0 Å². The van der Waals surface area contributed by atoms with Crippen LogP contribution in [-0.2, 0) is 6.54 Å². The molecule has 2 aromatic rings. The van der Waals surface area contributed by atoms with Gasteiger partial charge in [0, 0.05) is 39.3 Å². The lowest BCUT2D eigenvalue weighted by atomic mass is 10.1. The number of aromatic nitrogens is 3. The van der Waals surface area contributed by atoms with E-state index in [-0.39, 0.29) is 6.61 Å². The molecule has 118 valence electrons. The molecule has 1 aliphatic rings. The van der Waals surface area contributed by atoms with Gasteiger partial charge < -0.3 is 5.11 Å². The fourth-order valence-corrected chi connectivity index (χ4v) is 2.98. The minimum atomic E-state index is 0.253. The van der Waals surface area contributed by atoms with Gasteiger partial charge in [0.15, 0.2) is 0 Å². The predicted octanol–water partition coefficient (Wildman–Crippen LogP) is 0.686. The van der Waals surface area contributed by atoms with Crippen LogP contribution in [0.4, 0.5) is 0 Å². The van der Waals surface area contributed by atoms with Crippen LogP contribution in [0.5, 0.6) is 0 Å². The second-order valence-electron chi connectivity index (χ2n) is 5.80. The van der Waals surface area contributed by atoms with Crippen LogP contribution < -0.4 is 0 Å². The quantitative estimate of drug-likeness (QED) is 0.880. The number of piperazine rings is 1. The summed E-state index contributed by atoms with van der Waals surface area (Å²) < 4.78 is 1.80. The van der Waals surface area contributed by atoms with E-state index in [2.05, 4.69) is 45.0 Å². The van der Waals surface area contributed by atoms with Gasteiger partial charge in [0.05, 0.1) is 12.3 Å². The Labute approximate surface area is 131 Å². The van der Waals surface area contributed by atoms with E-state index in [4.69, 9.17) is 5.11 Å². The normalized spacial score (nSPS) is 17.0. The maximum atomic E-state index is 8.99. The summed E-state index contributed by atoms with van der Waals surface area (Å²) in [5.74, 6) is 0. The minimum absolute atomic E-state index is 0.253. The largest absolute Gasteiger partial charge is 0.395 e. The van der Waals surface area contributed by atoms with Gasteiger partial charge in [-0.2, -0.15) is 5.10 Å². The second-order valence-corrected chi connectivity index (χ2v) is 5.80. The van der Waals surface area contributed by atoms with Crippen molar-refractivity contribution < 1.29 is 5.11 Å². The number of aliphatic hydroxyl groups is 1. The zero-order valence-electron chi connectivity index (χ0n) is 13.0. The number of β-amino-alcohol motifs (C(OH)–C–C–N with tert-alkyl or cyclic N) is 1. The second kappa shape index (κ2) is 7.00. The topological polar surface area (TPSA) is 57.4 Å². The van der Waals surface area contributed by atoms with Crippen molar-refractivity contribution in [1.82, 2.24) is 24.6 Å². The highest BCUT2D eigenvalue weighted by atomic mass is 16.3. The molecular formula is C16H23N5O. The summed E-state index contributed by atoms with van der Waals surface area (Å²) in [5, 5.41) is 13.2. The van der Waals surface area contributed by atoms with Crippen molar-refractivity contribution in [2.75, 3.05) is 39.3 Å². The average Bonchev–Trinajstić information content (AvgIpc) is 3.04. The van der Waals surface area contributed by atoms with Crippen LogP contribution in [0.15, 0.2) is 30.9 Å². The Hall–Kier alpha value is -1.76. The molecule has 1 aliphatic heterocycles. The molecule has 0 radical (unpaired) electrons. The monoisotopic (exact) mass is 301 g/mol. The minimum Gasteiger partial charge on any atom is -0.395 e. The third kappa shape index (κ3) is 3.52. The first kappa shape index (κ1) is 15.1. The van der Waals surface area contributed by atoms with Crippen LogP contribution in [0.1, 0.15) is 11.1 Å². The number of nitrogens with zero attached hydrogens (tertiary/aromatic N) is 5. The summed E-state index contributed by atoms with van der Waals surface area (Å²) in [6.07, 6.45) is 3.28. The summed E-state index contributed by atoms with van der Waals surface area (Å²) in [5.41, 5.74) is 3.62. The SMILES string of the molecule is Cc1cc(CN2CCN(CCO)CC2)ccc1-n1cncn1. The molecule has 2 heterocycles. The first-order chi connectivity index (χ1) is 10.8. The fourth-order valence-electron chi connectivity index (χ4n) is 2.98. The smallest absolute Gasteiger partial charge is 0.138 e. The lowest BCUT2D eigenvalue weighted by Gasteiger charge is -2.34. The maximum absolute atomic E-state index is 8.99. The summed E-state index contributed by atoms with van der Waals surface area (Å²) in [7, 11) is 0. The molecule has 0 spiro atoms. The molecular weight excluding hydrogens is 278 g/mol. The molecule has 0 atom stereocenters. The van der Waals surface area contributed by atoms with Gasteiger partial charge in [-0.1, -0.05) is 12.1 Å². The Morgan fingerprint density at radius 3 is 2.55 bits per heavy atom. The van der Waals surface area contributed by atoms with Crippen molar-refractivity contribution in [2.24, 2.45) is 0 Å². The Kier molecular flexibility index (Phi) is 4.82. The van der Waals surface area contributed by atoms with Crippen molar-refractivity contribution in [3.8, 4) is 5.69 Å². The molecule has 6 heteroatoms. The third-order valence-electron chi connectivity index (χ3n) is 4.21. The van der Waals surface area contributed by atoms with Crippen molar-refractivity contribution in [1.29, 1.82) is 0 Å². The highest BCUT2D eigenvalue weighted by Gasteiger charge is 2.16. The molecule has 6 nitrogen and oxygen atoms in total. The standard InChI is InChI=1S/C16H23N5O/c1-14-10-15(2-3-16(14)21-13-17-12-18-21)11-20-6-4-19(5-7-20)8-9-22/h2-3,10,12-13,22H,4-9,11H2,1H3. The number of aryl methyl sites for hydroxylation is 1. The molecule has 0 amide bonds. The molecule has 1 fully saturated rings. The predicted molar refractivity (Wildman–Crippen MR) is 84.9 cm³/mol. The summed E-state index contributed by atoms with van der Waals surface area (Å²) in [6, 6.07) is 6.52. The van der Waals surface area contributed by atoms with E-state index in [1.165, 1.54) is 11.1 Å². The molecule has 0 unspecified atom stereocenters.